The fraction of sp³-hybridized carbons (Fsp3) is 0.238. The van der Waals surface area contributed by atoms with E-state index in [0.717, 1.165) is 36.9 Å². The van der Waals surface area contributed by atoms with Crippen LogP contribution in [0.1, 0.15) is 34.5 Å². The number of ether oxygens (including phenoxy) is 2. The van der Waals surface area contributed by atoms with E-state index in [1.54, 1.807) is 41.1 Å². The van der Waals surface area contributed by atoms with Crippen LogP contribution in [-0.4, -0.2) is 22.9 Å². The van der Waals surface area contributed by atoms with Gasteiger partial charge >= 0.3 is 5.97 Å². The minimum atomic E-state index is -0.510. The van der Waals surface area contributed by atoms with Gasteiger partial charge in [0.25, 0.3) is 0 Å². The second-order valence-corrected chi connectivity index (χ2v) is 6.42. The molecule has 1 heterocycles. The van der Waals surface area contributed by atoms with E-state index < -0.39 is 5.97 Å². The number of carbonyl (C=O) groups excluding carboxylic acids is 1. The number of carbonyl (C=O) groups is 1. The minimum absolute atomic E-state index is 0.330. The molecular formula is C21H19FN2O3. The van der Waals surface area contributed by atoms with Gasteiger partial charge in [-0.05, 0) is 62.1 Å². The lowest BCUT2D eigenvalue weighted by Gasteiger charge is -2.13. The lowest BCUT2D eigenvalue weighted by Crippen LogP contribution is -2.14. The molecule has 0 atom stereocenters. The van der Waals surface area contributed by atoms with Crippen molar-refractivity contribution in [2.24, 2.45) is 0 Å². The minimum Gasteiger partial charge on any atom is -0.496 e. The summed E-state index contributed by atoms with van der Waals surface area (Å²) in [6.45, 7) is 0. The number of esters is 1. The Morgan fingerprint density at radius 3 is 2.59 bits per heavy atom. The van der Waals surface area contributed by atoms with Crippen LogP contribution in [0, 0.1) is 5.82 Å². The maximum Gasteiger partial charge on any atom is 0.348 e. The summed E-state index contributed by atoms with van der Waals surface area (Å²) in [4.78, 5) is 12.8. The third-order valence-corrected chi connectivity index (χ3v) is 4.70. The van der Waals surface area contributed by atoms with Crippen molar-refractivity contribution in [3.8, 4) is 17.3 Å². The van der Waals surface area contributed by atoms with E-state index >= 15 is 0 Å². The lowest BCUT2D eigenvalue weighted by atomic mass is 9.98. The number of nitrogens with zero attached hydrogens (tertiary/aromatic N) is 2. The van der Waals surface area contributed by atoms with Gasteiger partial charge in [0.15, 0.2) is 0 Å². The molecule has 2 aromatic carbocycles. The van der Waals surface area contributed by atoms with Crippen molar-refractivity contribution in [1.29, 1.82) is 0 Å². The van der Waals surface area contributed by atoms with Gasteiger partial charge in [-0.25, -0.2) is 13.9 Å². The number of methoxy groups -OCH3 is 1. The van der Waals surface area contributed by atoms with E-state index in [0.29, 0.717) is 22.9 Å². The zero-order valence-electron chi connectivity index (χ0n) is 14.9. The standard InChI is InChI=1S/C21H19FN2O3/c1-26-19-9-5-3-7-17(19)21(25)27-20-16-6-2-4-8-18(16)23-24(20)15-12-10-14(22)11-13-15/h3,5,7,9-13H,2,4,6,8H2,1H3. The summed E-state index contributed by atoms with van der Waals surface area (Å²) in [5, 5.41) is 4.63. The molecule has 5 nitrogen and oxygen atoms in total. The molecule has 1 aliphatic carbocycles. The van der Waals surface area contributed by atoms with E-state index in [9.17, 15) is 9.18 Å². The predicted octanol–water partition coefficient (Wildman–Crippen LogP) is 4.12. The summed E-state index contributed by atoms with van der Waals surface area (Å²) >= 11 is 0. The van der Waals surface area contributed by atoms with Crippen LogP contribution < -0.4 is 9.47 Å². The molecule has 4 rings (SSSR count). The molecule has 0 fully saturated rings. The molecule has 0 radical (unpaired) electrons. The average molecular weight is 366 g/mol. The quantitative estimate of drug-likeness (QED) is 0.652. The molecule has 0 amide bonds. The summed E-state index contributed by atoms with van der Waals surface area (Å²) in [6.07, 6.45) is 3.70. The van der Waals surface area contributed by atoms with Crippen molar-refractivity contribution in [1.82, 2.24) is 9.78 Å². The van der Waals surface area contributed by atoms with Crippen molar-refractivity contribution < 1.29 is 18.7 Å². The van der Waals surface area contributed by atoms with E-state index in [4.69, 9.17) is 9.47 Å². The van der Waals surface area contributed by atoms with E-state index in [1.165, 1.54) is 19.2 Å². The molecule has 0 spiro atoms. The van der Waals surface area contributed by atoms with Gasteiger partial charge in [-0.15, -0.1) is 0 Å². The average Bonchev–Trinajstić information content (AvgIpc) is 3.07. The molecule has 138 valence electrons. The smallest absolute Gasteiger partial charge is 0.348 e. The van der Waals surface area contributed by atoms with E-state index in [1.807, 2.05) is 0 Å². The summed E-state index contributed by atoms with van der Waals surface area (Å²) in [7, 11) is 1.51. The molecular weight excluding hydrogens is 347 g/mol. The number of hydrogen-bond donors (Lipinski definition) is 0. The van der Waals surface area contributed by atoms with Crippen LogP contribution >= 0.6 is 0 Å². The number of benzene rings is 2. The first-order valence-electron chi connectivity index (χ1n) is 8.89. The first kappa shape index (κ1) is 17.3. The van der Waals surface area contributed by atoms with E-state index in [-0.39, 0.29) is 5.82 Å². The van der Waals surface area contributed by atoms with Crippen LogP contribution in [0.3, 0.4) is 0 Å². The Balaban J connectivity index is 1.76. The third kappa shape index (κ3) is 3.30. The maximum atomic E-state index is 13.3. The van der Waals surface area contributed by atoms with Crippen LogP contribution in [0.5, 0.6) is 11.6 Å². The Morgan fingerprint density at radius 2 is 1.81 bits per heavy atom. The van der Waals surface area contributed by atoms with Crippen molar-refractivity contribution in [2.45, 2.75) is 25.7 Å². The number of hydrogen-bond acceptors (Lipinski definition) is 4. The zero-order chi connectivity index (χ0) is 18.8. The number of fused-ring (bicyclic) bond motifs is 1. The molecule has 0 bridgehead atoms. The van der Waals surface area contributed by atoms with E-state index in [2.05, 4.69) is 5.10 Å². The molecule has 6 heteroatoms. The van der Waals surface area contributed by atoms with Gasteiger partial charge in [0, 0.05) is 5.56 Å². The Morgan fingerprint density at radius 1 is 1.07 bits per heavy atom. The number of aromatic nitrogens is 2. The first-order chi connectivity index (χ1) is 13.2. The molecule has 0 saturated carbocycles. The van der Waals surface area contributed by atoms with Crippen molar-refractivity contribution >= 4 is 5.97 Å². The summed E-state index contributed by atoms with van der Waals surface area (Å²) in [6, 6.07) is 12.9. The Hall–Kier alpha value is -3.15. The Labute approximate surface area is 156 Å². The fourth-order valence-corrected chi connectivity index (χ4v) is 3.34. The highest BCUT2D eigenvalue weighted by Gasteiger charge is 2.26. The van der Waals surface area contributed by atoms with Gasteiger partial charge in [0.05, 0.1) is 18.5 Å². The molecule has 0 unspecified atom stereocenters. The summed E-state index contributed by atoms with van der Waals surface area (Å²) in [5.41, 5.74) is 2.85. The fourth-order valence-electron chi connectivity index (χ4n) is 3.34. The summed E-state index contributed by atoms with van der Waals surface area (Å²) < 4.78 is 25.9. The SMILES string of the molecule is COc1ccccc1C(=O)Oc1c2c(nn1-c1ccc(F)cc1)CCCC2. The van der Waals surface area contributed by atoms with Crippen LogP contribution in [0.4, 0.5) is 4.39 Å². The van der Waals surface area contributed by atoms with Crippen molar-refractivity contribution in [3.05, 3.63) is 71.2 Å². The number of rotatable bonds is 4. The predicted molar refractivity (Wildman–Crippen MR) is 98.1 cm³/mol. The van der Waals surface area contributed by atoms with Gasteiger partial charge in [0.2, 0.25) is 5.88 Å². The van der Waals surface area contributed by atoms with Gasteiger partial charge in [-0.3, -0.25) is 0 Å². The first-order valence-corrected chi connectivity index (χ1v) is 8.89. The van der Waals surface area contributed by atoms with Crippen LogP contribution in [0.2, 0.25) is 0 Å². The number of halogens is 1. The second kappa shape index (κ2) is 7.23. The normalized spacial score (nSPS) is 13.1. The monoisotopic (exact) mass is 366 g/mol. The largest absolute Gasteiger partial charge is 0.496 e. The van der Waals surface area contributed by atoms with Crippen LogP contribution in [0.25, 0.3) is 5.69 Å². The van der Waals surface area contributed by atoms with Crippen LogP contribution in [0.15, 0.2) is 48.5 Å². The highest BCUT2D eigenvalue weighted by molar-refractivity contribution is 5.94. The van der Waals surface area contributed by atoms with Gasteiger partial charge in [-0.2, -0.15) is 5.10 Å². The zero-order valence-corrected chi connectivity index (χ0v) is 14.9. The summed E-state index contributed by atoms with van der Waals surface area (Å²) in [5.74, 6) is 0.00347. The highest BCUT2D eigenvalue weighted by Crippen LogP contribution is 2.33. The second-order valence-electron chi connectivity index (χ2n) is 6.42. The molecule has 1 aromatic heterocycles. The maximum absolute atomic E-state index is 13.3. The Kier molecular flexibility index (Phi) is 4.62. The van der Waals surface area contributed by atoms with Gasteiger partial charge < -0.3 is 9.47 Å². The molecule has 1 aliphatic rings. The van der Waals surface area contributed by atoms with Gasteiger partial charge in [-0.1, -0.05) is 12.1 Å². The third-order valence-electron chi connectivity index (χ3n) is 4.70. The van der Waals surface area contributed by atoms with Crippen molar-refractivity contribution in [2.75, 3.05) is 7.11 Å². The van der Waals surface area contributed by atoms with Crippen molar-refractivity contribution in [3.63, 3.8) is 0 Å². The number of para-hydroxylation sites is 1. The molecule has 0 aliphatic heterocycles. The molecule has 3 aromatic rings. The van der Waals surface area contributed by atoms with Crippen LogP contribution in [-0.2, 0) is 12.8 Å². The lowest BCUT2D eigenvalue weighted by molar-refractivity contribution is 0.0717. The highest BCUT2D eigenvalue weighted by atomic mass is 19.1. The molecule has 0 saturated heterocycles. The van der Waals surface area contributed by atoms with Gasteiger partial charge in [0.1, 0.15) is 17.1 Å². The topological polar surface area (TPSA) is 53.4 Å². The Bertz CT molecular complexity index is 980. The number of aryl methyl sites for hydroxylation is 1. The molecule has 27 heavy (non-hydrogen) atoms. The molecule has 0 N–H and O–H groups in total.